The quantitative estimate of drug-likeness (QED) is 0.335. The van der Waals surface area contributed by atoms with E-state index in [1.807, 2.05) is 48.5 Å². The molecule has 2 aliphatic rings. The minimum atomic E-state index is -0.973. The number of ether oxygens (including phenoxy) is 2. The molecular weight excluding hydrogens is 539 g/mol. The lowest BCUT2D eigenvalue weighted by atomic mass is 10.1. The largest absolute Gasteiger partial charge is 0.497 e. The van der Waals surface area contributed by atoms with E-state index in [9.17, 15) is 19.1 Å². The molecular formula is C32H35FN4O5. The van der Waals surface area contributed by atoms with Crippen molar-refractivity contribution in [2.75, 3.05) is 14.2 Å². The zero-order chi connectivity index (χ0) is 29.6. The van der Waals surface area contributed by atoms with E-state index in [4.69, 9.17) is 9.47 Å². The van der Waals surface area contributed by atoms with Gasteiger partial charge in [-0.05, 0) is 48.2 Å². The summed E-state index contributed by atoms with van der Waals surface area (Å²) in [6, 6.07) is 15.4. The molecule has 0 saturated carbocycles. The Kier molecular flexibility index (Phi) is 9.12. The highest BCUT2D eigenvalue weighted by Gasteiger charge is 2.25. The molecule has 2 aliphatic carbocycles. The summed E-state index contributed by atoms with van der Waals surface area (Å²) in [7, 11) is 3.26. The number of carbonyl (C=O) groups excluding carboxylic acids is 2. The van der Waals surface area contributed by atoms with Crippen LogP contribution in [-0.4, -0.2) is 62.7 Å². The molecule has 2 aromatic heterocycles. The Hall–Kier alpha value is -4.31. The van der Waals surface area contributed by atoms with Crippen molar-refractivity contribution < 1.29 is 28.6 Å². The molecule has 0 amide bonds. The Labute approximate surface area is 243 Å². The number of ketones is 2. The summed E-state index contributed by atoms with van der Waals surface area (Å²) in [5.41, 5.74) is 4.65. The average Bonchev–Trinajstić information content (AvgIpc) is 3.51. The molecule has 42 heavy (non-hydrogen) atoms. The van der Waals surface area contributed by atoms with Crippen molar-refractivity contribution in [2.24, 2.45) is 0 Å². The fourth-order valence-electron chi connectivity index (χ4n) is 5.18. The number of methoxy groups -OCH3 is 2. The molecule has 6 rings (SSSR count). The van der Waals surface area contributed by atoms with Crippen molar-refractivity contribution in [3.63, 3.8) is 0 Å². The molecule has 0 bridgehead atoms. The molecule has 1 N–H and O–H groups in total. The minimum absolute atomic E-state index is 0.00821. The second kappa shape index (κ2) is 13.1. The van der Waals surface area contributed by atoms with Crippen LogP contribution in [0.4, 0.5) is 4.39 Å². The van der Waals surface area contributed by atoms with Crippen LogP contribution >= 0.6 is 0 Å². The maximum absolute atomic E-state index is 13.6. The number of alkyl halides is 1. The van der Waals surface area contributed by atoms with Crippen molar-refractivity contribution in [3.05, 3.63) is 94.6 Å². The zero-order valence-electron chi connectivity index (χ0n) is 23.8. The van der Waals surface area contributed by atoms with Crippen LogP contribution in [0.1, 0.15) is 68.9 Å². The number of hydrogen-bond donors (Lipinski definition) is 1. The van der Waals surface area contributed by atoms with Crippen molar-refractivity contribution in [1.82, 2.24) is 19.6 Å². The first kappa shape index (κ1) is 29.2. The minimum Gasteiger partial charge on any atom is -0.497 e. The van der Waals surface area contributed by atoms with Crippen LogP contribution in [0.15, 0.2) is 60.9 Å². The lowest BCUT2D eigenvalue weighted by molar-refractivity contribution is 0.0953. The van der Waals surface area contributed by atoms with Gasteiger partial charge in [0.1, 0.15) is 17.7 Å². The van der Waals surface area contributed by atoms with Gasteiger partial charge in [-0.2, -0.15) is 10.2 Å². The van der Waals surface area contributed by atoms with Crippen molar-refractivity contribution >= 4 is 11.6 Å². The van der Waals surface area contributed by atoms with Crippen molar-refractivity contribution in [3.8, 4) is 11.5 Å². The van der Waals surface area contributed by atoms with E-state index in [2.05, 4.69) is 10.2 Å². The highest BCUT2D eigenvalue weighted by molar-refractivity contribution is 5.97. The van der Waals surface area contributed by atoms with Crippen LogP contribution in [0.25, 0.3) is 0 Å². The van der Waals surface area contributed by atoms with Gasteiger partial charge in [0, 0.05) is 38.1 Å². The number of nitrogens with zero attached hydrogens (tertiary/aromatic N) is 4. The monoisotopic (exact) mass is 574 g/mol. The highest BCUT2D eigenvalue weighted by Crippen LogP contribution is 2.23. The molecule has 0 saturated heterocycles. The van der Waals surface area contributed by atoms with Crippen LogP contribution in [0.5, 0.6) is 11.5 Å². The third kappa shape index (κ3) is 7.12. The molecule has 2 aromatic carbocycles. The first-order valence-corrected chi connectivity index (χ1v) is 14.1. The summed E-state index contributed by atoms with van der Waals surface area (Å²) in [6.45, 7) is 1.15. The molecule has 10 heteroatoms. The highest BCUT2D eigenvalue weighted by atomic mass is 19.1. The van der Waals surface area contributed by atoms with Gasteiger partial charge in [0.05, 0.1) is 55.9 Å². The van der Waals surface area contributed by atoms with Gasteiger partial charge in [0.25, 0.3) is 0 Å². The van der Waals surface area contributed by atoms with Crippen LogP contribution in [0.3, 0.4) is 0 Å². The Balaban J connectivity index is 0.000000168. The van der Waals surface area contributed by atoms with Gasteiger partial charge in [0.2, 0.25) is 0 Å². The Morgan fingerprint density at radius 1 is 0.762 bits per heavy atom. The second-order valence-corrected chi connectivity index (χ2v) is 10.7. The van der Waals surface area contributed by atoms with E-state index in [0.717, 1.165) is 22.6 Å². The summed E-state index contributed by atoms with van der Waals surface area (Å²) >= 11 is 0. The van der Waals surface area contributed by atoms with Gasteiger partial charge >= 0.3 is 0 Å². The van der Waals surface area contributed by atoms with Crippen LogP contribution in [0, 0.1) is 0 Å². The third-order valence-corrected chi connectivity index (χ3v) is 7.52. The SMILES string of the molecule is COc1ccc(Cn2cc3c(n2)CC(F)CCC3=O)cc1.COc1ccc(Cn2cc3c(n2)CC(O)CCC3=O)cc1. The summed E-state index contributed by atoms with van der Waals surface area (Å²) in [5.74, 6) is 1.67. The van der Waals surface area contributed by atoms with E-state index in [1.165, 1.54) is 0 Å². The molecule has 2 unspecified atom stereocenters. The summed E-state index contributed by atoms with van der Waals surface area (Å²) < 4.78 is 27.3. The van der Waals surface area contributed by atoms with E-state index >= 15 is 0 Å². The predicted octanol–water partition coefficient (Wildman–Crippen LogP) is 4.62. The summed E-state index contributed by atoms with van der Waals surface area (Å²) in [6.07, 6.45) is 4.25. The molecule has 220 valence electrons. The van der Waals surface area contributed by atoms with Crippen molar-refractivity contribution in [1.29, 1.82) is 0 Å². The second-order valence-electron chi connectivity index (χ2n) is 10.7. The van der Waals surface area contributed by atoms with Gasteiger partial charge in [-0.3, -0.25) is 19.0 Å². The number of benzene rings is 2. The van der Waals surface area contributed by atoms with Crippen molar-refractivity contribution in [2.45, 2.75) is 63.9 Å². The fraction of sp³-hybridized carbons (Fsp3) is 0.375. The van der Waals surface area contributed by atoms with E-state index in [0.29, 0.717) is 61.3 Å². The van der Waals surface area contributed by atoms with Crippen LogP contribution in [0.2, 0.25) is 0 Å². The first-order chi connectivity index (χ1) is 20.3. The number of aliphatic hydroxyl groups is 1. The van der Waals surface area contributed by atoms with Gasteiger partial charge in [0.15, 0.2) is 11.6 Å². The number of Topliss-reactive ketones (excluding diaryl/α,β-unsaturated/α-hetero) is 2. The molecule has 0 aliphatic heterocycles. The van der Waals surface area contributed by atoms with Crippen LogP contribution in [-0.2, 0) is 25.9 Å². The van der Waals surface area contributed by atoms with E-state index < -0.39 is 12.3 Å². The zero-order valence-corrected chi connectivity index (χ0v) is 23.8. The number of fused-ring (bicyclic) bond motifs is 2. The van der Waals surface area contributed by atoms with Gasteiger partial charge in [-0.1, -0.05) is 24.3 Å². The molecule has 0 radical (unpaired) electrons. The van der Waals surface area contributed by atoms with E-state index in [1.54, 1.807) is 36.0 Å². The molecule has 0 fully saturated rings. The van der Waals surface area contributed by atoms with Gasteiger partial charge in [-0.25, -0.2) is 4.39 Å². The smallest absolute Gasteiger partial charge is 0.166 e. The van der Waals surface area contributed by atoms with Crippen LogP contribution < -0.4 is 9.47 Å². The van der Waals surface area contributed by atoms with E-state index in [-0.39, 0.29) is 24.4 Å². The molecule has 9 nitrogen and oxygen atoms in total. The van der Waals surface area contributed by atoms with Gasteiger partial charge in [-0.15, -0.1) is 0 Å². The predicted molar refractivity (Wildman–Crippen MR) is 154 cm³/mol. The number of carbonyl (C=O) groups is 2. The third-order valence-electron chi connectivity index (χ3n) is 7.52. The average molecular weight is 575 g/mol. The lowest BCUT2D eigenvalue weighted by Gasteiger charge is -2.05. The Morgan fingerprint density at radius 3 is 1.69 bits per heavy atom. The maximum atomic E-state index is 13.6. The number of hydrogen-bond acceptors (Lipinski definition) is 7. The summed E-state index contributed by atoms with van der Waals surface area (Å²) in [4.78, 5) is 24.0. The molecule has 2 heterocycles. The standard InChI is InChI=1S/C16H17FN2O2.C16H18N2O3/c1-21-13-5-2-11(3-6-13)9-19-10-14-15(18-19)8-12(17)4-7-16(14)20;1-21-13-5-2-11(3-6-13)9-18-10-14-15(17-18)8-12(19)4-7-16(14)20/h2-3,5-6,10,12H,4,7-9H2,1H3;2-3,5-6,10,12,19H,4,7-9H2,1H3. The fourth-order valence-corrected chi connectivity index (χ4v) is 5.18. The lowest BCUT2D eigenvalue weighted by Crippen LogP contribution is -2.10. The number of rotatable bonds is 6. The molecule has 0 spiro atoms. The number of aromatic nitrogens is 4. The Bertz CT molecular complexity index is 1410. The topological polar surface area (TPSA) is 108 Å². The number of halogens is 1. The summed E-state index contributed by atoms with van der Waals surface area (Å²) in [5, 5.41) is 18.6. The molecule has 2 atom stereocenters. The van der Waals surface area contributed by atoms with Gasteiger partial charge < -0.3 is 14.6 Å². The molecule has 4 aromatic rings. The Morgan fingerprint density at radius 2 is 1.21 bits per heavy atom. The first-order valence-electron chi connectivity index (χ1n) is 14.1. The number of aliphatic hydroxyl groups excluding tert-OH is 1. The maximum Gasteiger partial charge on any atom is 0.166 e. The normalized spacial score (nSPS) is 18.2.